The Balaban J connectivity index is 1.69. The first-order chi connectivity index (χ1) is 14.0. The number of rotatable bonds is 7. The summed E-state index contributed by atoms with van der Waals surface area (Å²) in [5.41, 5.74) is 1.42. The summed E-state index contributed by atoms with van der Waals surface area (Å²) in [6, 6.07) is 13.2. The van der Waals surface area contributed by atoms with Crippen LogP contribution in [0.1, 0.15) is 34.8 Å². The largest absolute Gasteiger partial charge is 0.496 e. The van der Waals surface area contributed by atoms with Crippen molar-refractivity contribution in [3.8, 4) is 5.75 Å². The van der Waals surface area contributed by atoms with Crippen LogP contribution in [-0.4, -0.2) is 60.1 Å². The van der Waals surface area contributed by atoms with Crippen molar-refractivity contribution in [2.24, 2.45) is 0 Å². The Bertz CT molecular complexity index is 848. The zero-order chi connectivity index (χ0) is 20.8. The topological polar surface area (TPSA) is 70.1 Å². The predicted octanol–water partition coefficient (Wildman–Crippen LogP) is 3.20. The van der Waals surface area contributed by atoms with Gasteiger partial charge in [-0.3, -0.25) is 14.5 Å². The van der Waals surface area contributed by atoms with Crippen LogP contribution in [0.4, 0.5) is 4.39 Å². The maximum Gasteiger partial charge on any atom is 0.303 e. The number of carboxylic acid groups (broad SMARTS) is 1. The molecule has 6 nitrogen and oxygen atoms in total. The van der Waals surface area contributed by atoms with E-state index in [0.29, 0.717) is 43.9 Å². The molecule has 0 spiro atoms. The molecule has 1 heterocycles. The van der Waals surface area contributed by atoms with Gasteiger partial charge in [0.2, 0.25) is 0 Å². The van der Waals surface area contributed by atoms with E-state index < -0.39 is 5.97 Å². The summed E-state index contributed by atoms with van der Waals surface area (Å²) in [5.74, 6) is -0.711. The van der Waals surface area contributed by atoms with Crippen molar-refractivity contribution in [3.05, 3.63) is 65.5 Å². The number of carbonyl (C=O) groups excluding carboxylic acids is 1. The van der Waals surface area contributed by atoms with Crippen molar-refractivity contribution >= 4 is 11.9 Å². The van der Waals surface area contributed by atoms with E-state index in [4.69, 9.17) is 9.84 Å². The Labute approximate surface area is 169 Å². The van der Waals surface area contributed by atoms with Crippen LogP contribution in [0.5, 0.6) is 5.75 Å². The number of carbonyl (C=O) groups is 2. The highest BCUT2D eigenvalue weighted by Crippen LogP contribution is 2.28. The first kappa shape index (κ1) is 20.8. The molecular weight excluding hydrogens is 375 g/mol. The van der Waals surface area contributed by atoms with Crippen molar-refractivity contribution in [2.45, 2.75) is 18.9 Å². The molecule has 29 heavy (non-hydrogen) atoms. The summed E-state index contributed by atoms with van der Waals surface area (Å²) < 4.78 is 18.6. The molecule has 1 N–H and O–H groups in total. The van der Waals surface area contributed by atoms with Gasteiger partial charge in [0.25, 0.3) is 5.91 Å². The van der Waals surface area contributed by atoms with Gasteiger partial charge in [0.05, 0.1) is 12.7 Å². The van der Waals surface area contributed by atoms with Crippen molar-refractivity contribution in [2.75, 3.05) is 33.3 Å². The molecule has 0 bridgehead atoms. The third-order valence-corrected chi connectivity index (χ3v) is 5.27. The minimum absolute atomic E-state index is 0.0302. The molecule has 1 fully saturated rings. The maximum atomic E-state index is 13.3. The molecule has 1 aliphatic heterocycles. The summed E-state index contributed by atoms with van der Waals surface area (Å²) in [4.78, 5) is 27.9. The summed E-state index contributed by atoms with van der Waals surface area (Å²) in [5, 5.41) is 9.10. The Morgan fingerprint density at radius 1 is 1.07 bits per heavy atom. The molecule has 2 aromatic rings. The maximum absolute atomic E-state index is 13.3. The zero-order valence-corrected chi connectivity index (χ0v) is 16.4. The minimum atomic E-state index is -0.859. The number of methoxy groups -OCH3 is 1. The smallest absolute Gasteiger partial charge is 0.303 e. The van der Waals surface area contributed by atoms with E-state index in [-0.39, 0.29) is 24.2 Å². The van der Waals surface area contributed by atoms with E-state index in [1.54, 1.807) is 36.3 Å². The van der Waals surface area contributed by atoms with E-state index >= 15 is 0 Å². The number of halogens is 1. The summed E-state index contributed by atoms with van der Waals surface area (Å²) in [6.07, 6.45) is 0.462. The Morgan fingerprint density at radius 2 is 1.72 bits per heavy atom. The van der Waals surface area contributed by atoms with Crippen LogP contribution in [0.2, 0.25) is 0 Å². The third-order valence-electron chi connectivity index (χ3n) is 5.27. The number of benzene rings is 2. The van der Waals surface area contributed by atoms with Gasteiger partial charge < -0.3 is 14.7 Å². The van der Waals surface area contributed by atoms with Gasteiger partial charge in [-0.25, -0.2) is 4.39 Å². The van der Waals surface area contributed by atoms with E-state index in [0.717, 1.165) is 5.56 Å². The monoisotopic (exact) mass is 400 g/mol. The van der Waals surface area contributed by atoms with Crippen LogP contribution in [0.25, 0.3) is 0 Å². The van der Waals surface area contributed by atoms with Gasteiger partial charge in [-0.1, -0.05) is 24.3 Å². The molecule has 7 heteroatoms. The van der Waals surface area contributed by atoms with Gasteiger partial charge >= 0.3 is 5.97 Å². The summed E-state index contributed by atoms with van der Waals surface area (Å²) in [7, 11) is 1.54. The zero-order valence-electron chi connectivity index (χ0n) is 16.4. The van der Waals surface area contributed by atoms with E-state index in [2.05, 4.69) is 4.90 Å². The first-order valence-corrected chi connectivity index (χ1v) is 9.63. The molecular formula is C22H25FN2O4. The van der Waals surface area contributed by atoms with Crippen LogP contribution < -0.4 is 4.74 Å². The number of amides is 1. The number of aliphatic carboxylic acids is 1. The lowest BCUT2D eigenvalue weighted by Crippen LogP contribution is -2.49. The molecule has 154 valence electrons. The van der Waals surface area contributed by atoms with Crippen molar-refractivity contribution in [3.63, 3.8) is 0 Å². The van der Waals surface area contributed by atoms with Crippen LogP contribution in [-0.2, 0) is 4.79 Å². The number of carboxylic acids is 1. The number of ether oxygens (including phenoxy) is 1. The van der Waals surface area contributed by atoms with Gasteiger partial charge in [0, 0.05) is 38.6 Å². The van der Waals surface area contributed by atoms with Crippen LogP contribution in [0, 0.1) is 5.82 Å². The fourth-order valence-corrected chi connectivity index (χ4v) is 3.73. The number of nitrogens with zero attached hydrogens (tertiary/aromatic N) is 2. The molecule has 0 radical (unpaired) electrons. The van der Waals surface area contributed by atoms with E-state index in [9.17, 15) is 14.0 Å². The van der Waals surface area contributed by atoms with Gasteiger partial charge in [-0.05, 0) is 36.2 Å². The molecule has 3 rings (SSSR count). The average molecular weight is 400 g/mol. The Hall–Kier alpha value is -2.93. The number of piperazine rings is 1. The highest BCUT2D eigenvalue weighted by Gasteiger charge is 2.28. The molecule has 1 saturated heterocycles. The second-order valence-corrected chi connectivity index (χ2v) is 7.03. The molecule has 0 aliphatic carbocycles. The summed E-state index contributed by atoms with van der Waals surface area (Å²) >= 11 is 0. The first-order valence-electron chi connectivity index (χ1n) is 9.63. The number of hydrogen-bond acceptors (Lipinski definition) is 4. The van der Waals surface area contributed by atoms with Crippen LogP contribution >= 0.6 is 0 Å². The molecule has 1 amide bonds. The molecule has 1 aliphatic rings. The lowest BCUT2D eigenvalue weighted by atomic mass is 9.99. The van der Waals surface area contributed by atoms with Gasteiger partial charge in [0.1, 0.15) is 11.6 Å². The fourth-order valence-electron chi connectivity index (χ4n) is 3.73. The normalized spacial score (nSPS) is 15.7. The quantitative estimate of drug-likeness (QED) is 0.773. The van der Waals surface area contributed by atoms with Crippen LogP contribution in [0.3, 0.4) is 0 Å². The van der Waals surface area contributed by atoms with Crippen molar-refractivity contribution < 1.29 is 23.8 Å². The highest BCUT2D eigenvalue weighted by molar-refractivity contribution is 5.97. The van der Waals surface area contributed by atoms with Gasteiger partial charge in [-0.15, -0.1) is 0 Å². The molecule has 1 atom stereocenters. The van der Waals surface area contributed by atoms with Gasteiger partial charge in [-0.2, -0.15) is 0 Å². The second kappa shape index (κ2) is 9.52. The highest BCUT2D eigenvalue weighted by atomic mass is 19.1. The fraction of sp³-hybridized carbons (Fsp3) is 0.364. The van der Waals surface area contributed by atoms with Gasteiger partial charge in [0.15, 0.2) is 0 Å². The third kappa shape index (κ3) is 5.12. The molecule has 0 aromatic heterocycles. The summed E-state index contributed by atoms with van der Waals surface area (Å²) in [6.45, 7) is 2.29. The van der Waals surface area contributed by atoms with Crippen LogP contribution in [0.15, 0.2) is 48.5 Å². The Kier molecular flexibility index (Phi) is 6.82. The van der Waals surface area contributed by atoms with E-state index in [1.165, 1.54) is 12.1 Å². The van der Waals surface area contributed by atoms with E-state index in [1.807, 2.05) is 12.1 Å². The average Bonchev–Trinajstić information content (AvgIpc) is 2.75. The SMILES string of the molecule is COc1ccccc1C(=O)N1CCN([C@@H](CCC(=O)O)c2ccc(F)cc2)CC1. The molecule has 2 aromatic carbocycles. The second-order valence-electron chi connectivity index (χ2n) is 7.03. The number of hydrogen-bond donors (Lipinski definition) is 1. The molecule has 0 saturated carbocycles. The number of para-hydroxylation sites is 1. The van der Waals surface area contributed by atoms with Crippen molar-refractivity contribution in [1.82, 2.24) is 9.80 Å². The van der Waals surface area contributed by atoms with Crippen molar-refractivity contribution in [1.29, 1.82) is 0 Å². The Morgan fingerprint density at radius 3 is 2.34 bits per heavy atom. The lowest BCUT2D eigenvalue weighted by molar-refractivity contribution is -0.137. The lowest BCUT2D eigenvalue weighted by Gasteiger charge is -2.39. The molecule has 0 unspecified atom stereocenters. The standard InChI is InChI=1S/C22H25FN2O4/c1-29-20-5-3-2-4-18(20)22(28)25-14-12-24(13-15-25)19(10-11-21(26)27)16-6-8-17(23)9-7-16/h2-9,19H,10-15H2,1H3,(H,26,27)/t19-/m0/s1. The minimum Gasteiger partial charge on any atom is -0.496 e. The predicted molar refractivity (Wildman–Crippen MR) is 106 cm³/mol.